The second-order valence-electron chi connectivity index (χ2n) is 7.05. The van der Waals surface area contributed by atoms with Crippen LogP contribution in [0.4, 0.5) is 4.39 Å². The average Bonchev–Trinajstić information content (AvgIpc) is 3.03. The van der Waals surface area contributed by atoms with E-state index >= 15 is 0 Å². The molecule has 0 unspecified atom stereocenters. The predicted octanol–water partition coefficient (Wildman–Crippen LogP) is 4.33. The standard InChI is InChI=1S/C22H23FN4OS/c1-2-12-26-21(15-28-20-9-7-19(23)8-10-20)24-27(22(26)29)16-25-13-11-17-5-3-4-6-18(17)14-25/h2-10H,1,11-16H2. The zero-order valence-electron chi connectivity index (χ0n) is 16.1. The zero-order valence-corrected chi connectivity index (χ0v) is 16.9. The highest BCUT2D eigenvalue weighted by atomic mass is 32.1. The van der Waals surface area contributed by atoms with Crippen molar-refractivity contribution in [3.8, 4) is 5.75 Å². The maximum atomic E-state index is 13.1. The Hall–Kier alpha value is -2.77. The van der Waals surface area contributed by atoms with Gasteiger partial charge in [-0.05, 0) is 54.0 Å². The van der Waals surface area contributed by atoms with Crippen LogP contribution >= 0.6 is 12.2 Å². The van der Waals surface area contributed by atoms with Crippen molar-refractivity contribution in [3.05, 3.63) is 88.7 Å². The number of nitrogens with zero attached hydrogens (tertiary/aromatic N) is 4. The molecule has 1 aliphatic rings. The van der Waals surface area contributed by atoms with Gasteiger partial charge in [0.05, 0.1) is 6.67 Å². The molecule has 0 radical (unpaired) electrons. The average molecular weight is 411 g/mol. The van der Waals surface area contributed by atoms with Crippen LogP contribution in [0.2, 0.25) is 0 Å². The first-order valence-corrected chi connectivity index (χ1v) is 10.00. The van der Waals surface area contributed by atoms with Crippen LogP contribution in [0.3, 0.4) is 0 Å². The lowest BCUT2D eigenvalue weighted by Crippen LogP contribution is -2.32. The first kappa shape index (κ1) is 19.5. The summed E-state index contributed by atoms with van der Waals surface area (Å²) in [5.41, 5.74) is 2.77. The Morgan fingerprint density at radius 2 is 1.90 bits per heavy atom. The fourth-order valence-corrected chi connectivity index (χ4v) is 3.82. The molecule has 2 heterocycles. The molecule has 0 fully saturated rings. The lowest BCUT2D eigenvalue weighted by atomic mass is 10.0. The Balaban J connectivity index is 1.50. The fraction of sp³-hybridized carbons (Fsp3) is 0.273. The van der Waals surface area contributed by atoms with Crippen molar-refractivity contribution in [2.24, 2.45) is 0 Å². The molecule has 0 saturated carbocycles. The van der Waals surface area contributed by atoms with Gasteiger partial charge in [0.15, 0.2) is 10.6 Å². The number of allylic oxidation sites excluding steroid dienone is 1. The SMILES string of the molecule is C=CCn1c(COc2ccc(F)cc2)nn(CN2CCc3ccccc3C2)c1=S. The van der Waals surface area contributed by atoms with E-state index in [1.807, 2.05) is 9.25 Å². The van der Waals surface area contributed by atoms with E-state index in [1.54, 1.807) is 18.2 Å². The van der Waals surface area contributed by atoms with Gasteiger partial charge in [0.25, 0.3) is 0 Å². The van der Waals surface area contributed by atoms with Crippen molar-refractivity contribution in [1.82, 2.24) is 19.2 Å². The maximum absolute atomic E-state index is 13.1. The topological polar surface area (TPSA) is 35.2 Å². The molecule has 2 aromatic carbocycles. The summed E-state index contributed by atoms with van der Waals surface area (Å²) in [4.78, 5) is 2.34. The molecule has 7 heteroatoms. The number of aromatic nitrogens is 3. The molecule has 4 rings (SSSR count). The molecule has 0 bridgehead atoms. The molecule has 0 atom stereocenters. The van der Waals surface area contributed by atoms with E-state index in [-0.39, 0.29) is 12.4 Å². The van der Waals surface area contributed by atoms with E-state index in [2.05, 4.69) is 35.7 Å². The Labute approximate surface area is 174 Å². The van der Waals surface area contributed by atoms with Crippen LogP contribution in [-0.2, 0) is 32.8 Å². The van der Waals surface area contributed by atoms with Gasteiger partial charge < -0.3 is 4.74 Å². The highest BCUT2D eigenvalue weighted by Gasteiger charge is 2.18. The molecular weight excluding hydrogens is 387 g/mol. The number of fused-ring (bicyclic) bond motifs is 1. The highest BCUT2D eigenvalue weighted by molar-refractivity contribution is 7.71. The van der Waals surface area contributed by atoms with Crippen molar-refractivity contribution in [2.45, 2.75) is 32.8 Å². The van der Waals surface area contributed by atoms with Gasteiger partial charge >= 0.3 is 0 Å². The van der Waals surface area contributed by atoms with Gasteiger partial charge in [0.1, 0.15) is 18.2 Å². The Bertz CT molecular complexity index is 1060. The van der Waals surface area contributed by atoms with Crippen LogP contribution in [0.1, 0.15) is 17.0 Å². The van der Waals surface area contributed by atoms with Crippen LogP contribution in [-0.4, -0.2) is 25.8 Å². The second-order valence-corrected chi connectivity index (χ2v) is 7.42. The number of hydrogen-bond acceptors (Lipinski definition) is 4. The van der Waals surface area contributed by atoms with Crippen LogP contribution in [0.5, 0.6) is 5.75 Å². The van der Waals surface area contributed by atoms with Crippen molar-refractivity contribution in [1.29, 1.82) is 0 Å². The molecule has 1 aromatic heterocycles. The van der Waals surface area contributed by atoms with Gasteiger partial charge in [-0.2, -0.15) is 5.10 Å². The number of benzene rings is 2. The van der Waals surface area contributed by atoms with Gasteiger partial charge in [-0.25, -0.2) is 9.07 Å². The van der Waals surface area contributed by atoms with Crippen LogP contribution in [0, 0.1) is 10.6 Å². The summed E-state index contributed by atoms with van der Waals surface area (Å²) < 4.78 is 23.3. The summed E-state index contributed by atoms with van der Waals surface area (Å²) in [7, 11) is 0. The van der Waals surface area contributed by atoms with Gasteiger partial charge in [-0.15, -0.1) is 6.58 Å². The third kappa shape index (κ3) is 4.46. The molecule has 0 N–H and O–H groups in total. The molecule has 0 spiro atoms. The lowest BCUT2D eigenvalue weighted by Gasteiger charge is -2.28. The fourth-order valence-electron chi connectivity index (χ4n) is 3.54. The highest BCUT2D eigenvalue weighted by Crippen LogP contribution is 2.19. The number of halogens is 1. The Kier molecular flexibility index (Phi) is 5.87. The van der Waals surface area contributed by atoms with Crippen molar-refractivity contribution in [2.75, 3.05) is 6.54 Å². The first-order chi connectivity index (χ1) is 14.1. The Morgan fingerprint density at radius 3 is 2.66 bits per heavy atom. The third-order valence-electron chi connectivity index (χ3n) is 5.04. The molecule has 0 aliphatic carbocycles. The minimum atomic E-state index is -0.292. The Morgan fingerprint density at radius 1 is 1.14 bits per heavy atom. The molecule has 1 aliphatic heterocycles. The summed E-state index contributed by atoms with van der Waals surface area (Å²) in [6.07, 6.45) is 2.82. The normalized spacial score (nSPS) is 13.8. The zero-order chi connectivity index (χ0) is 20.2. The van der Waals surface area contributed by atoms with E-state index in [9.17, 15) is 4.39 Å². The van der Waals surface area contributed by atoms with E-state index in [1.165, 1.54) is 23.3 Å². The first-order valence-electron chi connectivity index (χ1n) is 9.59. The van der Waals surface area contributed by atoms with E-state index in [0.717, 1.165) is 25.3 Å². The summed E-state index contributed by atoms with van der Waals surface area (Å²) >= 11 is 5.66. The monoisotopic (exact) mass is 410 g/mol. The molecule has 0 amide bonds. The van der Waals surface area contributed by atoms with E-state index in [4.69, 9.17) is 22.1 Å². The van der Waals surface area contributed by atoms with Crippen molar-refractivity contribution in [3.63, 3.8) is 0 Å². The number of rotatable bonds is 7. The summed E-state index contributed by atoms with van der Waals surface area (Å²) in [6, 6.07) is 14.5. The van der Waals surface area contributed by atoms with Crippen LogP contribution in [0.25, 0.3) is 0 Å². The predicted molar refractivity (Wildman–Crippen MR) is 113 cm³/mol. The quantitative estimate of drug-likeness (QED) is 0.429. The largest absolute Gasteiger partial charge is 0.486 e. The van der Waals surface area contributed by atoms with Gasteiger partial charge in [0.2, 0.25) is 0 Å². The number of ether oxygens (including phenoxy) is 1. The number of hydrogen-bond donors (Lipinski definition) is 0. The van der Waals surface area contributed by atoms with Crippen molar-refractivity contribution >= 4 is 12.2 Å². The third-order valence-corrected chi connectivity index (χ3v) is 5.47. The molecular formula is C22H23FN4OS. The minimum absolute atomic E-state index is 0.249. The van der Waals surface area contributed by atoms with E-state index < -0.39 is 0 Å². The molecule has 29 heavy (non-hydrogen) atoms. The molecule has 5 nitrogen and oxygen atoms in total. The smallest absolute Gasteiger partial charge is 0.199 e. The molecule has 150 valence electrons. The lowest BCUT2D eigenvalue weighted by molar-refractivity contribution is 0.187. The summed E-state index contributed by atoms with van der Waals surface area (Å²) in [6.45, 7) is 7.10. The van der Waals surface area contributed by atoms with Gasteiger partial charge in [0, 0.05) is 19.6 Å². The molecule has 3 aromatic rings. The maximum Gasteiger partial charge on any atom is 0.199 e. The van der Waals surface area contributed by atoms with Crippen LogP contribution < -0.4 is 4.74 Å². The molecule has 0 saturated heterocycles. The summed E-state index contributed by atoms with van der Waals surface area (Å²) in [5.74, 6) is 1.01. The van der Waals surface area contributed by atoms with E-state index in [0.29, 0.717) is 23.7 Å². The van der Waals surface area contributed by atoms with Gasteiger partial charge in [-0.3, -0.25) is 9.47 Å². The van der Waals surface area contributed by atoms with Crippen molar-refractivity contribution < 1.29 is 9.13 Å². The van der Waals surface area contributed by atoms with Gasteiger partial charge in [-0.1, -0.05) is 30.3 Å². The summed E-state index contributed by atoms with van der Waals surface area (Å²) in [5, 5.41) is 4.70. The second kappa shape index (κ2) is 8.71. The van der Waals surface area contributed by atoms with Crippen LogP contribution in [0.15, 0.2) is 61.2 Å². The minimum Gasteiger partial charge on any atom is -0.486 e.